The summed E-state index contributed by atoms with van der Waals surface area (Å²) >= 11 is 0. The van der Waals surface area contributed by atoms with Crippen LogP contribution in [0.2, 0.25) is 0 Å². The molecular formula is C15H29N. The fourth-order valence-corrected chi connectivity index (χ4v) is 3.72. The normalized spacial score (nSPS) is 34.7. The monoisotopic (exact) mass is 223 g/mol. The number of hydrogen-bond donors (Lipinski definition) is 1. The highest BCUT2D eigenvalue weighted by molar-refractivity contribution is 5.02. The summed E-state index contributed by atoms with van der Waals surface area (Å²) in [5.74, 6) is 1.98. The quantitative estimate of drug-likeness (QED) is 0.743. The third-order valence-electron chi connectivity index (χ3n) is 5.09. The van der Waals surface area contributed by atoms with Gasteiger partial charge in [0.1, 0.15) is 0 Å². The summed E-state index contributed by atoms with van der Waals surface area (Å²) < 4.78 is 0. The van der Waals surface area contributed by atoms with Gasteiger partial charge in [0.15, 0.2) is 0 Å². The molecule has 0 aromatic rings. The maximum atomic E-state index is 3.80. The molecule has 2 rings (SSSR count). The molecule has 0 aromatic heterocycles. The average Bonchev–Trinajstić information content (AvgIpc) is 3.05. The molecule has 0 aliphatic heterocycles. The molecule has 3 unspecified atom stereocenters. The molecule has 94 valence electrons. The van der Waals surface area contributed by atoms with Gasteiger partial charge in [-0.05, 0) is 49.5 Å². The lowest BCUT2D eigenvalue weighted by Crippen LogP contribution is -2.44. The van der Waals surface area contributed by atoms with E-state index in [-0.39, 0.29) is 0 Å². The van der Waals surface area contributed by atoms with E-state index >= 15 is 0 Å². The van der Waals surface area contributed by atoms with E-state index in [2.05, 4.69) is 26.1 Å². The third-order valence-corrected chi connectivity index (χ3v) is 5.09. The summed E-state index contributed by atoms with van der Waals surface area (Å²) in [7, 11) is 0. The summed E-state index contributed by atoms with van der Waals surface area (Å²) in [5, 5.41) is 3.80. The van der Waals surface area contributed by atoms with Crippen LogP contribution in [0.3, 0.4) is 0 Å². The first-order valence-electron chi connectivity index (χ1n) is 7.43. The average molecular weight is 223 g/mol. The van der Waals surface area contributed by atoms with Crippen LogP contribution in [0, 0.1) is 17.3 Å². The minimum atomic E-state index is 0.649. The van der Waals surface area contributed by atoms with Crippen molar-refractivity contribution in [1.82, 2.24) is 5.32 Å². The van der Waals surface area contributed by atoms with Crippen LogP contribution in [0.1, 0.15) is 65.7 Å². The van der Waals surface area contributed by atoms with E-state index in [1.807, 2.05) is 0 Å². The fourth-order valence-electron chi connectivity index (χ4n) is 3.72. The largest absolute Gasteiger partial charge is 0.313 e. The zero-order chi connectivity index (χ0) is 11.6. The fraction of sp³-hybridized carbons (Fsp3) is 1.00. The Morgan fingerprint density at radius 1 is 1.25 bits per heavy atom. The van der Waals surface area contributed by atoms with Crippen molar-refractivity contribution in [2.75, 3.05) is 6.54 Å². The summed E-state index contributed by atoms with van der Waals surface area (Å²) in [6, 6.07) is 0.812. The van der Waals surface area contributed by atoms with Gasteiger partial charge in [0.25, 0.3) is 0 Å². The molecule has 1 N–H and O–H groups in total. The zero-order valence-electron chi connectivity index (χ0n) is 11.4. The molecule has 16 heavy (non-hydrogen) atoms. The molecule has 0 amide bonds. The molecule has 0 aromatic carbocycles. The van der Waals surface area contributed by atoms with Crippen molar-refractivity contribution in [3.05, 3.63) is 0 Å². The molecule has 2 fully saturated rings. The summed E-state index contributed by atoms with van der Waals surface area (Å²) in [4.78, 5) is 0. The van der Waals surface area contributed by atoms with Crippen molar-refractivity contribution in [1.29, 1.82) is 0 Å². The standard InChI is InChI=1S/C15H29N/c1-4-12-7-6-8-13(11-12)14(16-5-2)15(3)9-10-15/h12-14,16H,4-11H2,1-3H3. The Kier molecular flexibility index (Phi) is 3.94. The minimum absolute atomic E-state index is 0.649. The van der Waals surface area contributed by atoms with Crippen LogP contribution in [-0.4, -0.2) is 12.6 Å². The summed E-state index contributed by atoms with van der Waals surface area (Å²) in [6.07, 6.45) is 10.2. The Labute approximate surface area is 101 Å². The van der Waals surface area contributed by atoms with E-state index in [4.69, 9.17) is 0 Å². The van der Waals surface area contributed by atoms with Gasteiger partial charge in [-0.3, -0.25) is 0 Å². The first-order chi connectivity index (χ1) is 7.69. The van der Waals surface area contributed by atoms with Gasteiger partial charge in [0.2, 0.25) is 0 Å². The van der Waals surface area contributed by atoms with Crippen molar-refractivity contribution >= 4 is 0 Å². The Morgan fingerprint density at radius 3 is 2.56 bits per heavy atom. The molecule has 2 aliphatic rings. The maximum Gasteiger partial charge on any atom is 0.0149 e. The van der Waals surface area contributed by atoms with E-state index in [0.717, 1.165) is 24.4 Å². The molecule has 2 aliphatic carbocycles. The second-order valence-electron chi connectivity index (χ2n) is 6.39. The molecule has 0 saturated heterocycles. The number of rotatable bonds is 5. The lowest BCUT2D eigenvalue weighted by atomic mass is 9.73. The first-order valence-corrected chi connectivity index (χ1v) is 7.43. The van der Waals surface area contributed by atoms with Crippen LogP contribution >= 0.6 is 0 Å². The van der Waals surface area contributed by atoms with Crippen LogP contribution in [0.15, 0.2) is 0 Å². The van der Waals surface area contributed by atoms with E-state index in [9.17, 15) is 0 Å². The SMILES string of the molecule is CCNC(C1CCCC(CC)C1)C1(C)CC1. The molecule has 2 saturated carbocycles. The van der Waals surface area contributed by atoms with Gasteiger partial charge in [-0.15, -0.1) is 0 Å². The van der Waals surface area contributed by atoms with Gasteiger partial charge in [0.05, 0.1) is 0 Å². The number of hydrogen-bond acceptors (Lipinski definition) is 1. The van der Waals surface area contributed by atoms with Crippen LogP contribution in [0.5, 0.6) is 0 Å². The van der Waals surface area contributed by atoms with Crippen LogP contribution < -0.4 is 5.32 Å². The minimum Gasteiger partial charge on any atom is -0.313 e. The van der Waals surface area contributed by atoms with Crippen molar-refractivity contribution in [3.8, 4) is 0 Å². The highest BCUT2D eigenvalue weighted by Crippen LogP contribution is 2.52. The Bertz CT molecular complexity index is 219. The van der Waals surface area contributed by atoms with E-state index in [0.29, 0.717) is 5.41 Å². The Balaban J connectivity index is 1.96. The maximum absolute atomic E-state index is 3.80. The van der Waals surface area contributed by atoms with Crippen LogP contribution in [0.25, 0.3) is 0 Å². The summed E-state index contributed by atoms with van der Waals surface area (Å²) in [5.41, 5.74) is 0.649. The second kappa shape index (κ2) is 5.08. The van der Waals surface area contributed by atoms with E-state index < -0.39 is 0 Å². The van der Waals surface area contributed by atoms with Gasteiger partial charge in [-0.1, -0.05) is 40.0 Å². The zero-order valence-corrected chi connectivity index (χ0v) is 11.4. The smallest absolute Gasteiger partial charge is 0.0149 e. The molecule has 1 nitrogen and oxygen atoms in total. The molecular weight excluding hydrogens is 194 g/mol. The van der Waals surface area contributed by atoms with Gasteiger partial charge in [-0.2, -0.15) is 0 Å². The van der Waals surface area contributed by atoms with Crippen molar-refractivity contribution in [2.24, 2.45) is 17.3 Å². The molecule has 0 radical (unpaired) electrons. The molecule has 0 spiro atoms. The Morgan fingerprint density at radius 2 is 2.00 bits per heavy atom. The first kappa shape index (κ1) is 12.4. The highest BCUT2D eigenvalue weighted by atomic mass is 14.9. The Hall–Kier alpha value is -0.0400. The van der Waals surface area contributed by atoms with Gasteiger partial charge in [0, 0.05) is 6.04 Å². The van der Waals surface area contributed by atoms with E-state index in [1.165, 1.54) is 44.9 Å². The van der Waals surface area contributed by atoms with Crippen molar-refractivity contribution < 1.29 is 0 Å². The highest BCUT2D eigenvalue weighted by Gasteiger charge is 2.47. The molecule has 3 atom stereocenters. The predicted octanol–water partition coefficient (Wildman–Crippen LogP) is 3.98. The topological polar surface area (TPSA) is 12.0 Å². The van der Waals surface area contributed by atoms with Gasteiger partial charge in [-0.25, -0.2) is 0 Å². The van der Waals surface area contributed by atoms with Crippen molar-refractivity contribution in [2.45, 2.75) is 71.8 Å². The van der Waals surface area contributed by atoms with Crippen LogP contribution in [-0.2, 0) is 0 Å². The molecule has 0 bridgehead atoms. The lowest BCUT2D eigenvalue weighted by molar-refractivity contribution is 0.165. The van der Waals surface area contributed by atoms with Gasteiger partial charge < -0.3 is 5.32 Å². The third kappa shape index (κ3) is 2.61. The molecule has 0 heterocycles. The number of nitrogens with one attached hydrogen (secondary N) is 1. The van der Waals surface area contributed by atoms with Crippen molar-refractivity contribution in [3.63, 3.8) is 0 Å². The summed E-state index contributed by atoms with van der Waals surface area (Å²) in [6.45, 7) is 8.27. The van der Waals surface area contributed by atoms with Gasteiger partial charge >= 0.3 is 0 Å². The predicted molar refractivity (Wildman–Crippen MR) is 70.5 cm³/mol. The second-order valence-corrected chi connectivity index (χ2v) is 6.39. The lowest BCUT2D eigenvalue weighted by Gasteiger charge is -2.38. The van der Waals surface area contributed by atoms with Crippen LogP contribution in [0.4, 0.5) is 0 Å². The van der Waals surface area contributed by atoms with E-state index in [1.54, 1.807) is 0 Å². The molecule has 1 heteroatoms.